The minimum absolute atomic E-state index is 0.704. The molecule has 0 radical (unpaired) electrons. The Bertz CT molecular complexity index is 2770. The first-order valence-electron chi connectivity index (χ1n) is 15.0. The highest BCUT2D eigenvalue weighted by atomic mass is 32.1. The van der Waals surface area contributed by atoms with Gasteiger partial charge in [-0.3, -0.25) is 0 Å². The van der Waals surface area contributed by atoms with Crippen LogP contribution in [0.25, 0.3) is 92.4 Å². The smallest absolute Gasteiger partial charge is 0.161 e. The van der Waals surface area contributed by atoms with E-state index in [0.717, 1.165) is 76.5 Å². The number of fused-ring (bicyclic) bond motifs is 9. The summed E-state index contributed by atoms with van der Waals surface area (Å²) < 4.78 is 11.1. The van der Waals surface area contributed by atoms with Crippen molar-refractivity contribution in [2.24, 2.45) is 0 Å². The summed E-state index contributed by atoms with van der Waals surface area (Å²) in [4.78, 5) is 10.8. The molecule has 0 bridgehead atoms. The molecule has 0 aliphatic carbocycles. The van der Waals surface area contributed by atoms with Crippen molar-refractivity contribution in [2.45, 2.75) is 0 Å². The Morgan fingerprint density at radius 1 is 0.533 bits per heavy atom. The molecule has 0 aliphatic rings. The lowest BCUT2D eigenvalue weighted by Crippen LogP contribution is -1.95. The standard InChI is InChI=1S/C40H23N3OS/c1-2-12-24(13-3-1)43-31-20-7-4-15-27(31)35-29(18-11-21-32(35)43)40-41-36-28-16-6-9-23-34(28)45-39(36)37(42-40)30-19-10-17-26-25-14-5-8-22-33(25)44-38(26)30/h1-23H. The normalized spacial score (nSPS) is 12.0. The average Bonchev–Trinajstić information content (AvgIpc) is 3.78. The van der Waals surface area contributed by atoms with Crippen molar-refractivity contribution in [1.29, 1.82) is 0 Å². The Morgan fingerprint density at radius 2 is 1.22 bits per heavy atom. The lowest BCUT2D eigenvalue weighted by molar-refractivity contribution is 0.670. The molecule has 45 heavy (non-hydrogen) atoms. The van der Waals surface area contributed by atoms with Gasteiger partial charge in [0.1, 0.15) is 11.2 Å². The second kappa shape index (κ2) is 9.36. The maximum Gasteiger partial charge on any atom is 0.161 e. The van der Waals surface area contributed by atoms with E-state index in [2.05, 4.69) is 132 Å². The highest BCUT2D eigenvalue weighted by Gasteiger charge is 2.22. The number of para-hydroxylation sites is 4. The molecule has 210 valence electrons. The summed E-state index contributed by atoms with van der Waals surface area (Å²) in [5.74, 6) is 0.704. The predicted octanol–water partition coefficient (Wildman–Crippen LogP) is 11.2. The summed E-state index contributed by atoms with van der Waals surface area (Å²) in [7, 11) is 0. The Kier molecular flexibility index (Phi) is 5.12. The van der Waals surface area contributed by atoms with Gasteiger partial charge in [0, 0.05) is 48.4 Å². The number of rotatable bonds is 3. The van der Waals surface area contributed by atoms with E-state index in [-0.39, 0.29) is 0 Å². The van der Waals surface area contributed by atoms with Gasteiger partial charge < -0.3 is 8.98 Å². The van der Waals surface area contributed by atoms with Crippen molar-refractivity contribution in [3.63, 3.8) is 0 Å². The third-order valence-electron chi connectivity index (χ3n) is 8.83. The monoisotopic (exact) mass is 593 g/mol. The molecule has 0 fully saturated rings. The van der Waals surface area contributed by atoms with Gasteiger partial charge in [0.15, 0.2) is 5.82 Å². The molecular formula is C40H23N3OS. The number of nitrogens with zero attached hydrogens (tertiary/aromatic N) is 3. The summed E-state index contributed by atoms with van der Waals surface area (Å²) in [6.45, 7) is 0. The minimum atomic E-state index is 0.704. The molecule has 0 aliphatic heterocycles. The van der Waals surface area contributed by atoms with Crippen LogP contribution in [0.2, 0.25) is 0 Å². The van der Waals surface area contributed by atoms with Gasteiger partial charge in [-0.25, -0.2) is 9.97 Å². The molecule has 0 spiro atoms. The third-order valence-corrected chi connectivity index (χ3v) is 10.00. The number of hydrogen-bond acceptors (Lipinski definition) is 4. The highest BCUT2D eigenvalue weighted by molar-refractivity contribution is 7.26. The van der Waals surface area contributed by atoms with Gasteiger partial charge in [0.25, 0.3) is 0 Å². The van der Waals surface area contributed by atoms with Crippen molar-refractivity contribution >= 4 is 75.4 Å². The number of hydrogen-bond donors (Lipinski definition) is 0. The second-order valence-corrected chi connectivity index (χ2v) is 12.4. The summed E-state index contributed by atoms with van der Waals surface area (Å²) in [5, 5.41) is 5.65. The molecule has 0 amide bonds. The summed E-state index contributed by atoms with van der Waals surface area (Å²) >= 11 is 1.74. The van der Waals surface area contributed by atoms with E-state index in [1.54, 1.807) is 11.3 Å². The molecule has 0 atom stereocenters. The van der Waals surface area contributed by atoms with Gasteiger partial charge in [0.05, 0.1) is 26.9 Å². The van der Waals surface area contributed by atoms with Crippen LogP contribution >= 0.6 is 11.3 Å². The number of furan rings is 1. The van der Waals surface area contributed by atoms with E-state index < -0.39 is 0 Å². The van der Waals surface area contributed by atoms with Crippen molar-refractivity contribution in [2.75, 3.05) is 0 Å². The van der Waals surface area contributed by atoms with E-state index in [4.69, 9.17) is 14.4 Å². The topological polar surface area (TPSA) is 43.9 Å². The second-order valence-electron chi connectivity index (χ2n) is 11.3. The van der Waals surface area contributed by atoms with Gasteiger partial charge in [0.2, 0.25) is 0 Å². The molecule has 0 N–H and O–H groups in total. The highest BCUT2D eigenvalue weighted by Crippen LogP contribution is 2.44. The van der Waals surface area contributed by atoms with E-state index in [0.29, 0.717) is 5.82 Å². The average molecular weight is 594 g/mol. The molecule has 10 rings (SSSR count). The van der Waals surface area contributed by atoms with Gasteiger partial charge in [-0.1, -0.05) is 97.1 Å². The van der Waals surface area contributed by atoms with E-state index in [1.807, 2.05) is 12.1 Å². The quantitative estimate of drug-likeness (QED) is 0.205. The van der Waals surface area contributed by atoms with Gasteiger partial charge >= 0.3 is 0 Å². The number of aromatic nitrogens is 3. The van der Waals surface area contributed by atoms with E-state index in [9.17, 15) is 0 Å². The van der Waals surface area contributed by atoms with Crippen molar-refractivity contribution in [3.05, 3.63) is 140 Å². The van der Waals surface area contributed by atoms with Crippen LogP contribution in [0.15, 0.2) is 144 Å². The zero-order valence-corrected chi connectivity index (χ0v) is 24.8. The Hall–Kier alpha value is -5.78. The first kappa shape index (κ1) is 24.6. The predicted molar refractivity (Wildman–Crippen MR) is 187 cm³/mol. The van der Waals surface area contributed by atoms with Crippen LogP contribution in [0, 0.1) is 0 Å². The molecular weight excluding hydrogens is 571 g/mol. The summed E-state index contributed by atoms with van der Waals surface area (Å²) in [5.41, 5.74) is 8.97. The molecule has 5 heteroatoms. The third kappa shape index (κ3) is 3.53. The lowest BCUT2D eigenvalue weighted by atomic mass is 10.0. The van der Waals surface area contributed by atoms with Crippen LogP contribution in [-0.2, 0) is 0 Å². The molecule has 0 saturated heterocycles. The van der Waals surface area contributed by atoms with Gasteiger partial charge in [-0.15, -0.1) is 11.3 Å². The SMILES string of the molecule is c1ccc(-n2c3ccccc3c3c(-c4nc(-c5cccc6c5oc5ccccc56)c5sc6ccccc6c5n4)cccc32)cc1. The Morgan fingerprint density at radius 3 is 2.13 bits per heavy atom. The van der Waals surface area contributed by atoms with Crippen LogP contribution in [0.3, 0.4) is 0 Å². The molecule has 10 aromatic rings. The zero-order chi connectivity index (χ0) is 29.5. The van der Waals surface area contributed by atoms with Crippen LogP contribution in [-0.4, -0.2) is 14.5 Å². The van der Waals surface area contributed by atoms with Crippen LogP contribution in [0.5, 0.6) is 0 Å². The number of thiophene rings is 1. The molecule has 6 aromatic carbocycles. The number of benzene rings is 6. The molecule has 4 aromatic heterocycles. The fourth-order valence-corrected chi connectivity index (χ4v) is 8.03. The maximum absolute atomic E-state index is 6.53. The fourth-order valence-electron chi connectivity index (χ4n) is 6.89. The molecule has 0 unspecified atom stereocenters. The van der Waals surface area contributed by atoms with Crippen LogP contribution < -0.4 is 0 Å². The first-order valence-corrected chi connectivity index (χ1v) is 15.8. The largest absolute Gasteiger partial charge is 0.455 e. The molecule has 4 nitrogen and oxygen atoms in total. The van der Waals surface area contributed by atoms with E-state index in [1.165, 1.54) is 10.1 Å². The Labute approximate surface area is 261 Å². The fraction of sp³-hybridized carbons (Fsp3) is 0. The maximum atomic E-state index is 6.53. The van der Waals surface area contributed by atoms with Crippen molar-refractivity contribution < 1.29 is 4.42 Å². The van der Waals surface area contributed by atoms with Gasteiger partial charge in [-0.2, -0.15) is 0 Å². The lowest BCUT2D eigenvalue weighted by Gasteiger charge is -2.10. The van der Waals surface area contributed by atoms with Gasteiger partial charge in [-0.05, 0) is 42.5 Å². The van der Waals surface area contributed by atoms with Crippen molar-refractivity contribution in [1.82, 2.24) is 14.5 Å². The molecule has 4 heterocycles. The Balaban J connectivity index is 1.33. The summed E-state index contributed by atoms with van der Waals surface area (Å²) in [6.07, 6.45) is 0. The van der Waals surface area contributed by atoms with Crippen LogP contribution in [0.1, 0.15) is 0 Å². The van der Waals surface area contributed by atoms with Crippen LogP contribution in [0.4, 0.5) is 0 Å². The van der Waals surface area contributed by atoms with E-state index >= 15 is 0 Å². The first-order chi connectivity index (χ1) is 22.3. The minimum Gasteiger partial charge on any atom is -0.455 e. The van der Waals surface area contributed by atoms with Crippen molar-refractivity contribution in [3.8, 4) is 28.3 Å². The zero-order valence-electron chi connectivity index (χ0n) is 23.9. The molecule has 0 saturated carbocycles. The summed E-state index contributed by atoms with van der Waals surface area (Å²) in [6, 6.07) is 48.7.